The quantitative estimate of drug-likeness (QED) is 0.0696. The van der Waals surface area contributed by atoms with Crippen LogP contribution in [0.2, 0.25) is 0 Å². The fourth-order valence-electron chi connectivity index (χ4n) is 4.93. The molecule has 0 spiro atoms. The highest BCUT2D eigenvalue weighted by Gasteiger charge is 2.22. The normalized spacial score (nSPS) is 15.9. The first-order chi connectivity index (χ1) is 22.6. The van der Waals surface area contributed by atoms with Crippen LogP contribution in [0.3, 0.4) is 0 Å². The minimum absolute atomic E-state index is 0.0722. The van der Waals surface area contributed by atoms with Crippen LogP contribution in [0, 0.1) is 5.92 Å². The Morgan fingerprint density at radius 2 is 1.45 bits per heavy atom. The molecule has 2 N–H and O–H groups in total. The molecule has 0 amide bonds. The van der Waals surface area contributed by atoms with Gasteiger partial charge in [0.05, 0.1) is 51.8 Å². The van der Waals surface area contributed by atoms with Crippen LogP contribution in [0.25, 0.3) is 0 Å². The van der Waals surface area contributed by atoms with Crippen LogP contribution < -0.4 is 9.47 Å². The van der Waals surface area contributed by atoms with Gasteiger partial charge in [-0.15, -0.1) is 18.3 Å². The molecule has 0 heterocycles. The Labute approximate surface area is 288 Å². The summed E-state index contributed by atoms with van der Waals surface area (Å²) >= 11 is 1.72. The summed E-state index contributed by atoms with van der Waals surface area (Å²) in [5.74, 6) is 2.49. The summed E-state index contributed by atoms with van der Waals surface area (Å²) < 4.78 is 22.8. The number of aliphatic hydroxyl groups is 2. The van der Waals surface area contributed by atoms with Crippen molar-refractivity contribution in [1.82, 2.24) is 0 Å². The molecule has 0 unspecified atom stereocenters. The predicted octanol–water partition coefficient (Wildman–Crippen LogP) is 9.22. The van der Waals surface area contributed by atoms with Crippen molar-refractivity contribution in [3.05, 3.63) is 107 Å². The van der Waals surface area contributed by atoms with Crippen molar-refractivity contribution >= 4 is 11.8 Å². The number of hydrogen-bond donors (Lipinski definition) is 2. The highest BCUT2D eigenvalue weighted by molar-refractivity contribution is 8.03. The van der Waals surface area contributed by atoms with Gasteiger partial charge in [-0.2, -0.15) is 0 Å². The highest BCUT2D eigenvalue weighted by atomic mass is 32.2. The number of unbranched alkanes of at least 4 members (excludes halogenated alkanes) is 1. The number of benzene rings is 2. The average Bonchev–Trinajstić information content (AvgIpc) is 3.09. The third-order valence-corrected chi connectivity index (χ3v) is 9.36. The lowest BCUT2D eigenvalue weighted by Gasteiger charge is -2.25. The van der Waals surface area contributed by atoms with Gasteiger partial charge in [0.25, 0.3) is 0 Å². The molecule has 0 saturated heterocycles. The molecule has 0 aliphatic carbocycles. The van der Waals surface area contributed by atoms with Crippen molar-refractivity contribution in [2.24, 2.45) is 5.92 Å². The number of hydrogen-bond acceptors (Lipinski definition) is 7. The molecule has 0 aromatic heterocycles. The van der Waals surface area contributed by atoms with Gasteiger partial charge in [-0.25, -0.2) is 0 Å². The summed E-state index contributed by atoms with van der Waals surface area (Å²) in [7, 11) is 3.30. The van der Waals surface area contributed by atoms with E-state index in [1.54, 1.807) is 26.0 Å². The number of ether oxygens (including phenoxy) is 4. The molecule has 6 nitrogen and oxygen atoms in total. The maximum atomic E-state index is 11.7. The van der Waals surface area contributed by atoms with E-state index in [2.05, 4.69) is 39.5 Å². The Hall–Kier alpha value is -2.81. The molecule has 0 radical (unpaired) electrons. The van der Waals surface area contributed by atoms with E-state index >= 15 is 0 Å². The summed E-state index contributed by atoms with van der Waals surface area (Å²) in [4.78, 5) is 0.945. The first-order valence-electron chi connectivity index (χ1n) is 16.8. The number of rotatable bonds is 23. The summed E-state index contributed by atoms with van der Waals surface area (Å²) in [6.45, 7) is 15.1. The van der Waals surface area contributed by atoms with E-state index in [4.69, 9.17) is 18.9 Å². The van der Waals surface area contributed by atoms with E-state index in [0.29, 0.717) is 26.1 Å². The summed E-state index contributed by atoms with van der Waals surface area (Å²) in [5.41, 5.74) is 4.19. The van der Waals surface area contributed by atoms with Crippen LogP contribution in [0.4, 0.5) is 0 Å². The second-order valence-electron chi connectivity index (χ2n) is 12.0. The van der Waals surface area contributed by atoms with Gasteiger partial charge in [0, 0.05) is 10.8 Å². The van der Waals surface area contributed by atoms with E-state index in [1.807, 2.05) is 74.5 Å². The van der Waals surface area contributed by atoms with Crippen LogP contribution in [0.5, 0.6) is 11.5 Å². The standard InChI is InChI=1S/C40H58O6S/c1-9-12-24-47-39(25-29(4)14-23-37(41)31(6)45-27-32-15-19-35(43-7)20-16-32)40(42)34(11-3)26-30(5)38(13-10-2)46-28-33-17-21-36(44-8)22-18-33/h10,14-22,25-26,31,34,37-38,40-42H,2,9,11-13,23-24,27-28H2,1,3-8H3/b29-14+,30-26+,39-25-/t31-,34+,37+,38+,40-/m1/s1. The van der Waals surface area contributed by atoms with Crippen molar-refractivity contribution in [1.29, 1.82) is 0 Å². The zero-order valence-corrected chi connectivity index (χ0v) is 30.4. The zero-order valence-electron chi connectivity index (χ0n) is 29.6. The lowest BCUT2D eigenvalue weighted by Crippen LogP contribution is -2.25. The molecule has 0 bridgehead atoms. The monoisotopic (exact) mass is 666 g/mol. The zero-order chi connectivity index (χ0) is 34.6. The van der Waals surface area contributed by atoms with Crippen molar-refractivity contribution in [3.63, 3.8) is 0 Å². The minimum Gasteiger partial charge on any atom is -0.497 e. The predicted molar refractivity (Wildman–Crippen MR) is 197 cm³/mol. The van der Waals surface area contributed by atoms with Crippen molar-refractivity contribution in [3.8, 4) is 11.5 Å². The molecule has 2 aromatic rings. The van der Waals surface area contributed by atoms with Crippen LogP contribution in [0.15, 0.2) is 95.5 Å². The highest BCUT2D eigenvalue weighted by Crippen LogP contribution is 2.31. The molecule has 7 heteroatoms. The molecule has 0 fully saturated rings. The van der Waals surface area contributed by atoms with Crippen molar-refractivity contribution < 1.29 is 29.2 Å². The third-order valence-electron chi connectivity index (χ3n) is 8.18. The largest absolute Gasteiger partial charge is 0.497 e. The van der Waals surface area contributed by atoms with Crippen molar-refractivity contribution in [2.45, 2.75) is 104 Å². The average molecular weight is 667 g/mol. The van der Waals surface area contributed by atoms with Gasteiger partial charge in [-0.3, -0.25) is 0 Å². The minimum atomic E-state index is -0.650. The fraction of sp³-hybridized carbons (Fsp3) is 0.500. The lowest BCUT2D eigenvalue weighted by atomic mass is 9.93. The Morgan fingerprint density at radius 3 is 1.96 bits per heavy atom. The smallest absolute Gasteiger partial charge is 0.118 e. The Bertz CT molecular complexity index is 1250. The summed E-state index contributed by atoms with van der Waals surface area (Å²) in [6.07, 6.45) is 10.5. The SMILES string of the molecule is C=CC[C@H](OCc1ccc(OC)cc1)/C(C)=C/[C@H](CC)[C@@H](O)/C(=C/C(C)=C/C[C@H](O)[C@@H](C)OCc1ccc(OC)cc1)SCCCC. The Morgan fingerprint density at radius 1 is 0.872 bits per heavy atom. The molecule has 47 heavy (non-hydrogen) atoms. The molecule has 0 aliphatic heterocycles. The Kier molecular flexibility index (Phi) is 19.5. The number of allylic oxidation sites excluding steroid dienone is 2. The van der Waals surface area contributed by atoms with E-state index < -0.39 is 12.2 Å². The molecule has 2 rings (SSSR count). The van der Waals surface area contributed by atoms with Gasteiger partial charge in [0.2, 0.25) is 0 Å². The first-order valence-corrected chi connectivity index (χ1v) is 17.8. The number of thioether (sulfide) groups is 1. The van der Waals surface area contributed by atoms with Gasteiger partial charge < -0.3 is 29.2 Å². The fourth-order valence-corrected chi connectivity index (χ4v) is 6.22. The molecule has 260 valence electrons. The van der Waals surface area contributed by atoms with E-state index in [9.17, 15) is 10.2 Å². The van der Waals surface area contributed by atoms with Crippen LogP contribution >= 0.6 is 11.8 Å². The first kappa shape index (κ1) is 40.4. The molecule has 0 saturated carbocycles. The second-order valence-corrected chi connectivity index (χ2v) is 13.1. The lowest BCUT2D eigenvalue weighted by molar-refractivity contribution is -0.0334. The van der Waals surface area contributed by atoms with Crippen LogP contribution in [-0.4, -0.2) is 54.6 Å². The molecular formula is C40H58O6S. The summed E-state index contributed by atoms with van der Waals surface area (Å²) in [6, 6.07) is 15.6. The van der Waals surface area contributed by atoms with Gasteiger partial charge in [-0.05, 0) is 99.2 Å². The summed E-state index contributed by atoms with van der Waals surface area (Å²) in [5, 5.41) is 22.5. The van der Waals surface area contributed by atoms with E-state index in [1.165, 1.54) is 0 Å². The van der Waals surface area contributed by atoms with Gasteiger partial charge in [-0.1, -0.05) is 68.3 Å². The van der Waals surface area contributed by atoms with Gasteiger partial charge in [0.15, 0.2) is 0 Å². The second kappa shape index (κ2) is 22.7. The van der Waals surface area contributed by atoms with Crippen LogP contribution in [0.1, 0.15) is 77.8 Å². The van der Waals surface area contributed by atoms with Gasteiger partial charge >= 0.3 is 0 Å². The number of methoxy groups -OCH3 is 2. The maximum absolute atomic E-state index is 11.7. The number of aliphatic hydroxyl groups excluding tert-OH is 2. The van der Waals surface area contributed by atoms with Crippen LogP contribution in [-0.2, 0) is 22.7 Å². The Balaban J connectivity index is 2.11. The molecule has 2 aromatic carbocycles. The maximum Gasteiger partial charge on any atom is 0.118 e. The van der Waals surface area contributed by atoms with Crippen molar-refractivity contribution in [2.75, 3.05) is 20.0 Å². The topological polar surface area (TPSA) is 77.4 Å². The van der Waals surface area contributed by atoms with Gasteiger partial charge in [0.1, 0.15) is 11.5 Å². The third kappa shape index (κ3) is 14.9. The van der Waals surface area contributed by atoms with E-state index in [0.717, 1.165) is 63.7 Å². The molecule has 0 aliphatic rings. The molecule has 5 atom stereocenters. The van der Waals surface area contributed by atoms with E-state index in [-0.39, 0.29) is 18.1 Å². The molecular weight excluding hydrogens is 609 g/mol.